The number of nitrogens with zero attached hydrogens (tertiary/aromatic N) is 3. The number of likely N-dealkylation sites (tertiary alicyclic amines) is 1. The highest BCUT2D eigenvalue weighted by Crippen LogP contribution is 2.36. The summed E-state index contributed by atoms with van der Waals surface area (Å²) in [5, 5.41) is 5.94. The van der Waals surface area contributed by atoms with Gasteiger partial charge in [-0.3, -0.25) is 4.98 Å². The molecule has 2 atom stereocenters. The molecule has 0 amide bonds. The van der Waals surface area contributed by atoms with Crippen LogP contribution in [0, 0.1) is 11.8 Å². The zero-order chi connectivity index (χ0) is 17.1. The molecule has 1 aromatic heterocycles. The van der Waals surface area contributed by atoms with E-state index in [-0.39, 0.29) is 24.0 Å². The van der Waals surface area contributed by atoms with Crippen molar-refractivity contribution in [3.05, 3.63) is 42.2 Å². The molecular formula is C21H29IN4. The third-order valence-corrected chi connectivity index (χ3v) is 5.75. The van der Waals surface area contributed by atoms with E-state index in [4.69, 9.17) is 4.99 Å². The van der Waals surface area contributed by atoms with Gasteiger partial charge in [0.15, 0.2) is 5.96 Å². The van der Waals surface area contributed by atoms with Gasteiger partial charge in [-0.15, -0.1) is 24.0 Å². The van der Waals surface area contributed by atoms with Crippen LogP contribution in [0.25, 0.3) is 10.8 Å². The summed E-state index contributed by atoms with van der Waals surface area (Å²) < 4.78 is 0. The maximum Gasteiger partial charge on any atom is 0.194 e. The lowest BCUT2D eigenvalue weighted by molar-refractivity contribution is 0.299. The molecule has 1 aliphatic heterocycles. The van der Waals surface area contributed by atoms with Gasteiger partial charge in [-0.25, -0.2) is 4.99 Å². The van der Waals surface area contributed by atoms with E-state index >= 15 is 0 Å². The van der Waals surface area contributed by atoms with Gasteiger partial charge in [-0.1, -0.05) is 37.1 Å². The fourth-order valence-electron chi connectivity index (χ4n) is 4.46. The van der Waals surface area contributed by atoms with Crippen molar-refractivity contribution >= 4 is 40.7 Å². The van der Waals surface area contributed by atoms with Gasteiger partial charge in [-0.2, -0.15) is 0 Å². The van der Waals surface area contributed by atoms with E-state index in [0.717, 1.165) is 30.0 Å². The van der Waals surface area contributed by atoms with E-state index in [9.17, 15) is 0 Å². The molecule has 5 heteroatoms. The Bertz CT molecular complexity index is 741. The summed E-state index contributed by atoms with van der Waals surface area (Å²) in [7, 11) is 0. The van der Waals surface area contributed by atoms with Gasteiger partial charge in [0.05, 0.1) is 12.2 Å². The van der Waals surface area contributed by atoms with Crippen molar-refractivity contribution in [1.82, 2.24) is 15.2 Å². The van der Waals surface area contributed by atoms with Crippen molar-refractivity contribution < 1.29 is 0 Å². The summed E-state index contributed by atoms with van der Waals surface area (Å²) in [5.74, 6) is 2.80. The fourth-order valence-corrected chi connectivity index (χ4v) is 4.46. The second kappa shape index (κ2) is 9.02. The number of aliphatic imine (C=N–C) groups is 1. The standard InChI is InChI=1S/C21H28N4.HI/c1-2-22-21(25-14-17-8-3-4-9-18(17)15-25)24-13-20-19-10-6-5-7-16(19)11-12-23-20;/h5-7,10-12,17-18H,2-4,8-9,13-15H2,1H3,(H,22,24);1H. The summed E-state index contributed by atoms with van der Waals surface area (Å²) in [6.07, 6.45) is 7.49. The summed E-state index contributed by atoms with van der Waals surface area (Å²) >= 11 is 0. The van der Waals surface area contributed by atoms with E-state index in [1.165, 1.54) is 49.5 Å². The SMILES string of the molecule is CCNC(=NCc1nccc2ccccc12)N1CC2CCCCC2C1.I. The first kappa shape index (κ1) is 19.4. The first-order chi connectivity index (χ1) is 12.3. The molecule has 2 aromatic rings. The van der Waals surface area contributed by atoms with Crippen LogP contribution in [-0.4, -0.2) is 35.5 Å². The van der Waals surface area contributed by atoms with Gasteiger partial charge in [0.25, 0.3) is 0 Å². The monoisotopic (exact) mass is 464 g/mol. The Morgan fingerprint density at radius 2 is 1.88 bits per heavy atom. The van der Waals surface area contributed by atoms with Crippen LogP contribution in [0.1, 0.15) is 38.3 Å². The molecule has 140 valence electrons. The van der Waals surface area contributed by atoms with Gasteiger partial charge < -0.3 is 10.2 Å². The molecule has 2 fully saturated rings. The quantitative estimate of drug-likeness (QED) is 0.415. The third-order valence-electron chi connectivity index (χ3n) is 5.75. The molecule has 0 spiro atoms. The van der Waals surface area contributed by atoms with Crippen LogP contribution in [0.4, 0.5) is 0 Å². The molecule has 26 heavy (non-hydrogen) atoms. The molecule has 2 aliphatic rings. The molecule has 4 nitrogen and oxygen atoms in total. The Kier molecular flexibility index (Phi) is 6.73. The smallest absolute Gasteiger partial charge is 0.194 e. The molecule has 1 N–H and O–H groups in total. The lowest BCUT2D eigenvalue weighted by Crippen LogP contribution is -2.40. The highest BCUT2D eigenvalue weighted by molar-refractivity contribution is 14.0. The predicted molar refractivity (Wildman–Crippen MR) is 119 cm³/mol. The number of fused-ring (bicyclic) bond motifs is 2. The minimum Gasteiger partial charge on any atom is -0.357 e. The van der Waals surface area contributed by atoms with Crippen LogP contribution >= 0.6 is 24.0 Å². The minimum atomic E-state index is 0. The molecule has 1 aromatic carbocycles. The predicted octanol–water partition coefficient (Wildman–Crippen LogP) is 4.44. The number of guanidine groups is 1. The Hall–Kier alpha value is -1.37. The summed E-state index contributed by atoms with van der Waals surface area (Å²) in [4.78, 5) is 12.0. The number of rotatable bonds is 3. The van der Waals surface area contributed by atoms with Gasteiger partial charge >= 0.3 is 0 Å². The summed E-state index contributed by atoms with van der Waals surface area (Å²) in [6, 6.07) is 10.5. The molecule has 4 rings (SSSR count). The average Bonchev–Trinajstić information content (AvgIpc) is 3.09. The molecule has 2 unspecified atom stereocenters. The zero-order valence-electron chi connectivity index (χ0n) is 15.5. The van der Waals surface area contributed by atoms with Gasteiger partial charge in [0.2, 0.25) is 0 Å². The number of nitrogens with one attached hydrogen (secondary N) is 1. The average molecular weight is 464 g/mol. The first-order valence-electron chi connectivity index (χ1n) is 9.71. The second-order valence-electron chi connectivity index (χ2n) is 7.36. The largest absolute Gasteiger partial charge is 0.357 e. The molecule has 1 saturated carbocycles. The topological polar surface area (TPSA) is 40.5 Å². The Balaban J connectivity index is 0.00000196. The highest BCUT2D eigenvalue weighted by atomic mass is 127. The van der Waals surface area contributed by atoms with Crippen LogP contribution < -0.4 is 5.32 Å². The van der Waals surface area contributed by atoms with Crippen molar-refractivity contribution in [2.45, 2.75) is 39.2 Å². The number of hydrogen-bond donors (Lipinski definition) is 1. The van der Waals surface area contributed by atoms with Crippen molar-refractivity contribution in [2.75, 3.05) is 19.6 Å². The number of pyridine rings is 1. The molecular weight excluding hydrogens is 435 g/mol. The van der Waals surface area contributed by atoms with E-state index in [2.05, 4.69) is 52.5 Å². The van der Waals surface area contributed by atoms with Gasteiger partial charge in [0, 0.05) is 31.2 Å². The number of halogens is 1. The number of benzene rings is 1. The minimum absolute atomic E-state index is 0. The normalized spacial score (nSPS) is 22.8. The van der Waals surface area contributed by atoms with Crippen LogP contribution in [0.5, 0.6) is 0 Å². The highest BCUT2D eigenvalue weighted by Gasteiger charge is 2.35. The molecule has 1 aliphatic carbocycles. The van der Waals surface area contributed by atoms with Crippen molar-refractivity contribution in [2.24, 2.45) is 16.8 Å². The molecule has 2 heterocycles. The molecule has 0 bridgehead atoms. The van der Waals surface area contributed by atoms with Crippen molar-refractivity contribution in [1.29, 1.82) is 0 Å². The van der Waals surface area contributed by atoms with E-state index in [0.29, 0.717) is 6.54 Å². The lowest BCUT2D eigenvalue weighted by Gasteiger charge is -2.22. The lowest BCUT2D eigenvalue weighted by atomic mass is 9.82. The van der Waals surface area contributed by atoms with E-state index in [1.54, 1.807) is 0 Å². The first-order valence-corrected chi connectivity index (χ1v) is 9.71. The maximum absolute atomic E-state index is 4.94. The number of hydrogen-bond acceptors (Lipinski definition) is 2. The summed E-state index contributed by atoms with van der Waals surface area (Å²) in [6.45, 7) is 6.02. The molecule has 1 saturated heterocycles. The summed E-state index contributed by atoms with van der Waals surface area (Å²) in [5.41, 5.74) is 1.06. The number of aromatic nitrogens is 1. The molecule has 0 radical (unpaired) electrons. The van der Waals surface area contributed by atoms with E-state index < -0.39 is 0 Å². The van der Waals surface area contributed by atoms with Gasteiger partial charge in [-0.05, 0) is 43.1 Å². The van der Waals surface area contributed by atoms with Crippen molar-refractivity contribution in [3.63, 3.8) is 0 Å². The fraction of sp³-hybridized carbons (Fsp3) is 0.524. The van der Waals surface area contributed by atoms with Crippen LogP contribution in [-0.2, 0) is 6.54 Å². The Morgan fingerprint density at radius 1 is 1.15 bits per heavy atom. The van der Waals surface area contributed by atoms with Crippen molar-refractivity contribution in [3.8, 4) is 0 Å². The second-order valence-corrected chi connectivity index (χ2v) is 7.36. The Morgan fingerprint density at radius 3 is 2.62 bits per heavy atom. The van der Waals surface area contributed by atoms with E-state index in [1.807, 2.05) is 6.20 Å². The Labute approximate surface area is 173 Å². The van der Waals surface area contributed by atoms with Crippen LogP contribution in [0.3, 0.4) is 0 Å². The zero-order valence-corrected chi connectivity index (χ0v) is 17.9. The van der Waals surface area contributed by atoms with Gasteiger partial charge in [0.1, 0.15) is 0 Å². The van der Waals surface area contributed by atoms with Crippen LogP contribution in [0.2, 0.25) is 0 Å². The van der Waals surface area contributed by atoms with Crippen LogP contribution in [0.15, 0.2) is 41.5 Å². The third kappa shape index (κ3) is 4.13. The maximum atomic E-state index is 4.94.